The van der Waals surface area contributed by atoms with E-state index in [0.29, 0.717) is 10.8 Å². The van der Waals surface area contributed by atoms with Crippen LogP contribution < -0.4 is 4.72 Å². The minimum Gasteiger partial charge on any atom is -0.384 e. The quantitative estimate of drug-likeness (QED) is 0.877. The molecule has 0 aromatic carbocycles. The van der Waals surface area contributed by atoms with E-state index in [1.54, 1.807) is 17.4 Å². The van der Waals surface area contributed by atoms with E-state index in [0.717, 1.165) is 34.6 Å². The molecule has 0 spiro atoms. The lowest BCUT2D eigenvalue weighted by Gasteiger charge is -2.32. The standard InChI is InChI=1S/C13H14ClNO3S3/c14-11-3-4-12(20-11)21(17,18)15-8-13(16)6-1-2-10-9(13)5-7-19-10/h3-5,7,15-16H,1-2,6,8H2. The van der Waals surface area contributed by atoms with Gasteiger partial charge in [0.25, 0.3) is 0 Å². The maximum Gasteiger partial charge on any atom is 0.250 e. The highest BCUT2D eigenvalue weighted by Crippen LogP contribution is 2.38. The fourth-order valence-electron chi connectivity index (χ4n) is 2.54. The lowest BCUT2D eigenvalue weighted by Crippen LogP contribution is -2.42. The van der Waals surface area contributed by atoms with Crippen molar-refractivity contribution in [3.05, 3.63) is 38.4 Å². The van der Waals surface area contributed by atoms with Gasteiger partial charge >= 0.3 is 0 Å². The average molecular weight is 364 g/mol. The van der Waals surface area contributed by atoms with Crippen molar-refractivity contribution in [2.24, 2.45) is 0 Å². The van der Waals surface area contributed by atoms with Crippen LogP contribution in [-0.4, -0.2) is 20.1 Å². The van der Waals surface area contributed by atoms with Crippen molar-refractivity contribution in [2.45, 2.75) is 29.1 Å². The van der Waals surface area contributed by atoms with E-state index in [9.17, 15) is 13.5 Å². The summed E-state index contributed by atoms with van der Waals surface area (Å²) >= 11 is 8.38. The zero-order valence-electron chi connectivity index (χ0n) is 11.0. The van der Waals surface area contributed by atoms with Crippen LogP contribution in [0.25, 0.3) is 0 Å². The Bertz CT molecular complexity index is 752. The fraction of sp³-hybridized carbons (Fsp3) is 0.385. The summed E-state index contributed by atoms with van der Waals surface area (Å²) in [4.78, 5) is 1.14. The van der Waals surface area contributed by atoms with Crippen LogP contribution in [0.1, 0.15) is 23.3 Å². The summed E-state index contributed by atoms with van der Waals surface area (Å²) in [6, 6.07) is 4.90. The maximum absolute atomic E-state index is 12.2. The molecule has 1 unspecified atom stereocenters. The molecule has 2 N–H and O–H groups in total. The van der Waals surface area contributed by atoms with Crippen LogP contribution in [-0.2, 0) is 22.0 Å². The number of fused-ring (bicyclic) bond motifs is 1. The Balaban J connectivity index is 1.79. The predicted octanol–water partition coefficient (Wildman–Crippen LogP) is 2.97. The zero-order chi connectivity index (χ0) is 15.1. The van der Waals surface area contributed by atoms with Gasteiger partial charge in [-0.05, 0) is 48.4 Å². The number of hydrogen-bond acceptors (Lipinski definition) is 5. The molecule has 4 nitrogen and oxygen atoms in total. The van der Waals surface area contributed by atoms with Gasteiger partial charge in [0.1, 0.15) is 9.81 Å². The van der Waals surface area contributed by atoms with Gasteiger partial charge in [0.15, 0.2) is 0 Å². The van der Waals surface area contributed by atoms with Gasteiger partial charge < -0.3 is 5.11 Å². The van der Waals surface area contributed by atoms with Gasteiger partial charge in [-0.2, -0.15) is 0 Å². The molecule has 2 aromatic heterocycles. The van der Waals surface area contributed by atoms with Crippen LogP contribution >= 0.6 is 34.3 Å². The number of aryl methyl sites for hydroxylation is 1. The second-order valence-corrected chi connectivity index (χ2v) is 9.74. The van der Waals surface area contributed by atoms with E-state index in [2.05, 4.69) is 4.72 Å². The number of thiophene rings is 2. The number of nitrogens with one attached hydrogen (secondary N) is 1. The summed E-state index contributed by atoms with van der Waals surface area (Å²) in [7, 11) is -3.64. The van der Waals surface area contributed by atoms with Gasteiger partial charge in [0, 0.05) is 11.4 Å². The molecule has 2 heterocycles. The highest BCUT2D eigenvalue weighted by Gasteiger charge is 2.36. The number of aliphatic hydroxyl groups is 1. The van der Waals surface area contributed by atoms with Gasteiger partial charge in [0.05, 0.1) is 4.34 Å². The number of rotatable bonds is 4. The van der Waals surface area contributed by atoms with Crippen LogP contribution in [0.5, 0.6) is 0 Å². The summed E-state index contributed by atoms with van der Waals surface area (Å²) in [6.45, 7) is -0.0193. The van der Waals surface area contributed by atoms with Gasteiger partial charge in [-0.3, -0.25) is 0 Å². The predicted molar refractivity (Wildman–Crippen MR) is 85.7 cm³/mol. The monoisotopic (exact) mass is 363 g/mol. The summed E-state index contributed by atoms with van der Waals surface area (Å²) in [5, 5.41) is 12.7. The van der Waals surface area contributed by atoms with Crippen LogP contribution in [0.15, 0.2) is 27.8 Å². The third-order valence-electron chi connectivity index (χ3n) is 3.61. The Morgan fingerprint density at radius 1 is 1.38 bits per heavy atom. The Morgan fingerprint density at radius 2 is 2.19 bits per heavy atom. The maximum atomic E-state index is 12.2. The lowest BCUT2D eigenvalue weighted by molar-refractivity contribution is 0.0252. The van der Waals surface area contributed by atoms with E-state index in [4.69, 9.17) is 11.6 Å². The van der Waals surface area contributed by atoms with Crippen molar-refractivity contribution < 1.29 is 13.5 Å². The molecule has 3 rings (SSSR count). The highest BCUT2D eigenvalue weighted by molar-refractivity contribution is 7.91. The van der Waals surface area contributed by atoms with E-state index >= 15 is 0 Å². The molecule has 0 radical (unpaired) electrons. The molecule has 21 heavy (non-hydrogen) atoms. The van der Waals surface area contributed by atoms with Crippen LogP contribution in [0, 0.1) is 0 Å². The molecule has 0 aliphatic heterocycles. The third kappa shape index (κ3) is 3.04. The van der Waals surface area contributed by atoms with E-state index in [1.807, 2.05) is 11.4 Å². The molecular weight excluding hydrogens is 350 g/mol. The normalized spacial score (nSPS) is 22.2. The first-order valence-electron chi connectivity index (χ1n) is 6.45. The van der Waals surface area contributed by atoms with Crippen molar-refractivity contribution in [2.75, 3.05) is 6.54 Å². The van der Waals surface area contributed by atoms with Crippen molar-refractivity contribution in [3.8, 4) is 0 Å². The molecule has 1 aliphatic rings. The Hall–Kier alpha value is -0.440. The topological polar surface area (TPSA) is 66.4 Å². The third-order valence-corrected chi connectivity index (χ3v) is 7.71. The summed E-state index contributed by atoms with van der Waals surface area (Å²) < 4.78 is 27.5. The van der Waals surface area contributed by atoms with E-state index in [-0.39, 0.29) is 10.8 Å². The van der Waals surface area contributed by atoms with Crippen molar-refractivity contribution >= 4 is 44.3 Å². The largest absolute Gasteiger partial charge is 0.384 e. The molecule has 0 amide bonds. The fourth-order valence-corrected chi connectivity index (χ4v) is 6.17. The molecule has 2 aromatic rings. The SMILES string of the molecule is O=S(=O)(NCC1(O)CCCc2sccc21)c1ccc(Cl)s1. The molecule has 1 aliphatic carbocycles. The van der Waals surface area contributed by atoms with Crippen molar-refractivity contribution in [3.63, 3.8) is 0 Å². The van der Waals surface area contributed by atoms with Crippen molar-refractivity contribution in [1.82, 2.24) is 4.72 Å². The number of sulfonamides is 1. The van der Waals surface area contributed by atoms with Gasteiger partial charge in [-0.25, -0.2) is 13.1 Å². The van der Waals surface area contributed by atoms with Crippen LogP contribution in [0.4, 0.5) is 0 Å². The average Bonchev–Trinajstić information content (AvgIpc) is 3.06. The van der Waals surface area contributed by atoms with Gasteiger partial charge in [0.2, 0.25) is 10.0 Å². The molecule has 114 valence electrons. The van der Waals surface area contributed by atoms with Gasteiger partial charge in [-0.15, -0.1) is 22.7 Å². The Kier molecular flexibility index (Phi) is 4.15. The molecule has 0 bridgehead atoms. The lowest BCUT2D eigenvalue weighted by atomic mass is 9.83. The highest BCUT2D eigenvalue weighted by atomic mass is 35.5. The molecule has 0 saturated carbocycles. The first-order valence-corrected chi connectivity index (χ1v) is 10.0. The Labute approximate surface area is 136 Å². The summed E-state index contributed by atoms with van der Waals surface area (Å²) in [5.74, 6) is 0. The summed E-state index contributed by atoms with van der Waals surface area (Å²) in [5.41, 5.74) is -0.271. The molecule has 8 heteroatoms. The van der Waals surface area contributed by atoms with Crippen LogP contribution in [0.2, 0.25) is 4.34 Å². The Morgan fingerprint density at radius 3 is 2.90 bits per heavy atom. The van der Waals surface area contributed by atoms with E-state index in [1.165, 1.54) is 6.07 Å². The molecule has 1 atom stereocenters. The minimum atomic E-state index is -3.64. The second-order valence-electron chi connectivity index (χ2n) is 5.03. The molecule has 0 fully saturated rings. The molecular formula is C13H14ClNO3S3. The summed E-state index contributed by atoms with van der Waals surface area (Å²) in [6.07, 6.45) is 2.36. The first-order chi connectivity index (χ1) is 9.91. The number of halogens is 1. The van der Waals surface area contributed by atoms with Crippen LogP contribution in [0.3, 0.4) is 0 Å². The first kappa shape index (κ1) is 15.5. The van der Waals surface area contributed by atoms with E-state index < -0.39 is 15.6 Å². The second kappa shape index (κ2) is 5.64. The smallest absolute Gasteiger partial charge is 0.250 e. The van der Waals surface area contributed by atoms with Crippen molar-refractivity contribution in [1.29, 1.82) is 0 Å². The number of hydrogen-bond donors (Lipinski definition) is 2. The molecule has 0 saturated heterocycles. The van der Waals surface area contributed by atoms with Gasteiger partial charge in [-0.1, -0.05) is 11.6 Å². The minimum absolute atomic E-state index is 0.0193. The zero-order valence-corrected chi connectivity index (χ0v) is 14.2.